The van der Waals surface area contributed by atoms with Gasteiger partial charge in [0.05, 0.1) is 4.92 Å². The lowest BCUT2D eigenvalue weighted by atomic mass is 9.98. The molecule has 138 valence electrons. The quantitative estimate of drug-likeness (QED) is 0.603. The summed E-state index contributed by atoms with van der Waals surface area (Å²) < 4.78 is 0. The molecular weight excluding hydrogens is 326 g/mol. The first-order valence-electron chi connectivity index (χ1n) is 9.27. The third-order valence-corrected chi connectivity index (χ3v) is 5.24. The predicted molar refractivity (Wildman–Crippen MR) is 107 cm³/mol. The topological polar surface area (TPSA) is 58.4 Å². The van der Waals surface area contributed by atoms with E-state index in [9.17, 15) is 10.1 Å². The Kier molecular flexibility index (Phi) is 5.45. The minimum Gasteiger partial charge on any atom is -0.381 e. The van der Waals surface area contributed by atoms with E-state index in [0.29, 0.717) is 12.5 Å². The predicted octanol–water partition coefficient (Wildman–Crippen LogP) is 5.06. The Balaban J connectivity index is 1.78. The number of nitrogens with one attached hydrogen (secondary N) is 1. The van der Waals surface area contributed by atoms with E-state index in [0.717, 1.165) is 42.9 Å². The Labute approximate surface area is 155 Å². The maximum atomic E-state index is 11.6. The zero-order chi connectivity index (χ0) is 18.7. The summed E-state index contributed by atoms with van der Waals surface area (Å²) in [5, 5.41) is 15.0. The lowest BCUT2D eigenvalue weighted by Crippen LogP contribution is -2.33. The standard InChI is InChI=1S/C21H27N3O2/c1-15-8-10-23(11-9-15)20-7-6-18(13-21(20)24(25)26)14-22-19-12-16(2)4-5-17(19)3/h4-7,12-13,15,22H,8-11,14H2,1-3H3. The van der Waals surface area contributed by atoms with Crippen molar-refractivity contribution in [3.05, 3.63) is 63.2 Å². The second-order valence-electron chi connectivity index (χ2n) is 7.42. The fraction of sp³-hybridized carbons (Fsp3) is 0.429. The van der Waals surface area contributed by atoms with E-state index in [4.69, 9.17) is 0 Å². The van der Waals surface area contributed by atoms with Gasteiger partial charge in [-0.05, 0) is 61.4 Å². The molecule has 0 saturated carbocycles. The van der Waals surface area contributed by atoms with Gasteiger partial charge in [-0.2, -0.15) is 0 Å². The van der Waals surface area contributed by atoms with Crippen molar-refractivity contribution < 1.29 is 4.92 Å². The molecule has 5 nitrogen and oxygen atoms in total. The maximum absolute atomic E-state index is 11.6. The number of piperidine rings is 1. The number of hydrogen-bond donors (Lipinski definition) is 1. The highest BCUT2D eigenvalue weighted by Crippen LogP contribution is 2.32. The molecule has 0 aromatic heterocycles. The fourth-order valence-electron chi connectivity index (χ4n) is 3.47. The largest absolute Gasteiger partial charge is 0.381 e. The highest BCUT2D eigenvalue weighted by molar-refractivity contribution is 5.65. The van der Waals surface area contributed by atoms with E-state index in [-0.39, 0.29) is 10.6 Å². The second kappa shape index (κ2) is 7.77. The summed E-state index contributed by atoms with van der Waals surface area (Å²) in [5.74, 6) is 0.700. The van der Waals surface area contributed by atoms with E-state index in [1.807, 2.05) is 12.1 Å². The summed E-state index contributed by atoms with van der Waals surface area (Å²) in [6.07, 6.45) is 2.18. The summed E-state index contributed by atoms with van der Waals surface area (Å²) in [7, 11) is 0. The highest BCUT2D eigenvalue weighted by Gasteiger charge is 2.23. The molecule has 0 unspecified atom stereocenters. The Morgan fingerprint density at radius 1 is 1.15 bits per heavy atom. The molecule has 3 rings (SSSR count). The summed E-state index contributed by atoms with van der Waals surface area (Å²) in [6, 6.07) is 11.9. The first-order valence-corrected chi connectivity index (χ1v) is 9.27. The van der Waals surface area contributed by atoms with Crippen LogP contribution >= 0.6 is 0 Å². The van der Waals surface area contributed by atoms with Gasteiger partial charge in [0.2, 0.25) is 0 Å². The van der Waals surface area contributed by atoms with Gasteiger partial charge in [-0.3, -0.25) is 10.1 Å². The number of nitrogens with zero attached hydrogens (tertiary/aromatic N) is 2. The molecule has 2 aromatic rings. The summed E-state index contributed by atoms with van der Waals surface area (Å²) in [4.78, 5) is 13.5. The monoisotopic (exact) mass is 353 g/mol. The molecule has 0 spiro atoms. The Morgan fingerprint density at radius 2 is 1.88 bits per heavy atom. The molecule has 1 heterocycles. The number of nitro benzene ring substituents is 1. The van der Waals surface area contributed by atoms with Gasteiger partial charge < -0.3 is 10.2 Å². The van der Waals surface area contributed by atoms with Crippen LogP contribution in [0.2, 0.25) is 0 Å². The van der Waals surface area contributed by atoms with Crippen molar-refractivity contribution in [2.24, 2.45) is 5.92 Å². The van der Waals surface area contributed by atoms with Gasteiger partial charge >= 0.3 is 0 Å². The third kappa shape index (κ3) is 4.15. The Bertz CT molecular complexity index is 796. The third-order valence-electron chi connectivity index (χ3n) is 5.24. The molecule has 1 aliphatic heterocycles. The highest BCUT2D eigenvalue weighted by atomic mass is 16.6. The molecule has 0 amide bonds. The van der Waals surface area contributed by atoms with Crippen molar-refractivity contribution >= 4 is 17.1 Å². The first kappa shape index (κ1) is 18.2. The van der Waals surface area contributed by atoms with E-state index in [2.05, 4.69) is 49.2 Å². The lowest BCUT2D eigenvalue weighted by molar-refractivity contribution is -0.384. The average molecular weight is 353 g/mol. The van der Waals surface area contributed by atoms with Crippen LogP contribution in [0.4, 0.5) is 17.1 Å². The van der Waals surface area contributed by atoms with Crippen LogP contribution in [0.5, 0.6) is 0 Å². The minimum absolute atomic E-state index is 0.208. The van der Waals surface area contributed by atoms with Crippen LogP contribution in [0.3, 0.4) is 0 Å². The van der Waals surface area contributed by atoms with E-state index < -0.39 is 0 Å². The maximum Gasteiger partial charge on any atom is 0.292 e. The van der Waals surface area contributed by atoms with Gasteiger partial charge in [-0.1, -0.05) is 25.1 Å². The van der Waals surface area contributed by atoms with Gasteiger partial charge in [0, 0.05) is 31.4 Å². The van der Waals surface area contributed by atoms with Crippen LogP contribution in [0.1, 0.15) is 36.5 Å². The van der Waals surface area contributed by atoms with Crippen molar-refractivity contribution in [3.8, 4) is 0 Å². The molecule has 1 saturated heterocycles. The van der Waals surface area contributed by atoms with Crippen molar-refractivity contribution in [2.75, 3.05) is 23.3 Å². The van der Waals surface area contributed by atoms with Crippen LogP contribution in [0, 0.1) is 29.9 Å². The van der Waals surface area contributed by atoms with Crippen molar-refractivity contribution in [1.29, 1.82) is 0 Å². The van der Waals surface area contributed by atoms with Crippen LogP contribution in [0.25, 0.3) is 0 Å². The van der Waals surface area contributed by atoms with Gasteiger partial charge in [-0.25, -0.2) is 0 Å². The van der Waals surface area contributed by atoms with E-state index >= 15 is 0 Å². The Morgan fingerprint density at radius 3 is 2.58 bits per heavy atom. The molecule has 1 N–H and O–H groups in total. The smallest absolute Gasteiger partial charge is 0.292 e. The number of nitro groups is 1. The molecule has 2 aromatic carbocycles. The summed E-state index contributed by atoms with van der Waals surface area (Å²) >= 11 is 0. The van der Waals surface area contributed by atoms with Crippen molar-refractivity contribution in [2.45, 2.75) is 40.2 Å². The number of aryl methyl sites for hydroxylation is 2. The van der Waals surface area contributed by atoms with Gasteiger partial charge in [0.1, 0.15) is 5.69 Å². The van der Waals surface area contributed by atoms with Crippen LogP contribution < -0.4 is 10.2 Å². The van der Waals surface area contributed by atoms with Crippen LogP contribution in [0.15, 0.2) is 36.4 Å². The van der Waals surface area contributed by atoms with Crippen molar-refractivity contribution in [1.82, 2.24) is 0 Å². The summed E-state index contributed by atoms with van der Waals surface area (Å²) in [6.45, 7) is 8.72. The van der Waals surface area contributed by atoms with E-state index in [1.54, 1.807) is 6.07 Å². The van der Waals surface area contributed by atoms with E-state index in [1.165, 1.54) is 11.1 Å². The zero-order valence-corrected chi connectivity index (χ0v) is 15.8. The number of anilines is 2. The molecular formula is C21H27N3O2. The molecule has 0 atom stereocenters. The normalized spacial score (nSPS) is 15.1. The van der Waals surface area contributed by atoms with Crippen LogP contribution in [-0.4, -0.2) is 18.0 Å². The lowest BCUT2D eigenvalue weighted by Gasteiger charge is -2.31. The first-order chi connectivity index (χ1) is 12.4. The zero-order valence-electron chi connectivity index (χ0n) is 15.8. The van der Waals surface area contributed by atoms with Crippen molar-refractivity contribution in [3.63, 3.8) is 0 Å². The number of rotatable bonds is 5. The summed E-state index contributed by atoms with van der Waals surface area (Å²) in [5.41, 5.74) is 5.31. The molecule has 0 aliphatic carbocycles. The van der Waals surface area contributed by atoms with Gasteiger partial charge in [0.25, 0.3) is 5.69 Å². The SMILES string of the molecule is Cc1ccc(C)c(NCc2ccc(N3CCC(C)CC3)c([N+](=O)[O-])c2)c1. The van der Waals surface area contributed by atoms with Gasteiger partial charge in [0.15, 0.2) is 0 Å². The molecule has 0 radical (unpaired) electrons. The molecule has 26 heavy (non-hydrogen) atoms. The number of hydrogen-bond acceptors (Lipinski definition) is 4. The molecule has 0 bridgehead atoms. The van der Waals surface area contributed by atoms with Gasteiger partial charge in [-0.15, -0.1) is 0 Å². The second-order valence-corrected chi connectivity index (χ2v) is 7.42. The molecule has 5 heteroatoms. The fourth-order valence-corrected chi connectivity index (χ4v) is 3.47. The molecule has 1 fully saturated rings. The van der Waals surface area contributed by atoms with Crippen LogP contribution in [-0.2, 0) is 6.54 Å². The average Bonchev–Trinajstić information content (AvgIpc) is 2.63. The molecule has 1 aliphatic rings. The Hall–Kier alpha value is -2.56. The minimum atomic E-state index is -0.255. The number of benzene rings is 2.